The molecule has 7 nitrogen and oxygen atoms in total. The highest BCUT2D eigenvalue weighted by molar-refractivity contribution is 7.89. The van der Waals surface area contributed by atoms with E-state index in [1.807, 2.05) is 18.2 Å². The van der Waals surface area contributed by atoms with Crippen molar-refractivity contribution < 1.29 is 22.7 Å². The zero-order chi connectivity index (χ0) is 20.7. The number of hydrogen-bond acceptors (Lipinski definition) is 5. The van der Waals surface area contributed by atoms with Gasteiger partial charge in [-0.05, 0) is 38.1 Å². The van der Waals surface area contributed by atoms with Crippen molar-refractivity contribution in [3.8, 4) is 11.5 Å². The molecule has 0 saturated heterocycles. The van der Waals surface area contributed by atoms with E-state index in [1.165, 1.54) is 25.1 Å². The average Bonchev–Trinajstić information content (AvgIpc) is 2.67. The molecule has 0 aromatic heterocycles. The lowest BCUT2D eigenvalue weighted by molar-refractivity contribution is -0.122. The number of carbonyl (C=O) groups is 1. The Hall–Kier alpha value is -2.29. The molecule has 0 spiro atoms. The maximum absolute atomic E-state index is 12.5. The predicted octanol–water partition coefficient (Wildman–Crippen LogP) is 2.73. The van der Waals surface area contributed by atoms with Gasteiger partial charge in [-0.2, -0.15) is 4.72 Å². The third-order valence-electron chi connectivity index (χ3n) is 3.88. The minimum absolute atomic E-state index is 0.0506. The Morgan fingerprint density at radius 3 is 2.54 bits per heavy atom. The molecule has 0 saturated carbocycles. The van der Waals surface area contributed by atoms with Crippen LogP contribution >= 0.6 is 11.6 Å². The van der Waals surface area contributed by atoms with Crippen LogP contribution in [0.1, 0.15) is 19.4 Å². The summed E-state index contributed by atoms with van der Waals surface area (Å²) in [7, 11) is -2.39. The maximum atomic E-state index is 12.5. The summed E-state index contributed by atoms with van der Waals surface area (Å²) in [5.74, 6) is 0.567. The molecular formula is C19H23ClN2O5S. The van der Waals surface area contributed by atoms with E-state index in [4.69, 9.17) is 21.1 Å². The molecular weight excluding hydrogens is 404 g/mol. The Balaban J connectivity index is 2.03. The number of sulfonamides is 1. The summed E-state index contributed by atoms with van der Waals surface area (Å²) in [5.41, 5.74) is 0.784. The van der Waals surface area contributed by atoms with Gasteiger partial charge in [-0.15, -0.1) is 0 Å². The largest absolute Gasteiger partial charge is 0.496 e. The van der Waals surface area contributed by atoms with Crippen LogP contribution in [0, 0.1) is 0 Å². The number of para-hydroxylation sites is 1. The third-order valence-corrected chi connectivity index (χ3v) is 5.72. The molecule has 1 amide bonds. The molecule has 2 rings (SSSR count). The quantitative estimate of drug-likeness (QED) is 0.643. The topological polar surface area (TPSA) is 93.7 Å². The predicted molar refractivity (Wildman–Crippen MR) is 107 cm³/mol. The lowest BCUT2D eigenvalue weighted by atomic mass is 10.2. The number of hydrogen-bond donors (Lipinski definition) is 2. The second kappa shape index (κ2) is 9.77. The zero-order valence-corrected chi connectivity index (χ0v) is 17.4. The summed E-state index contributed by atoms with van der Waals surface area (Å²) in [6, 6.07) is 10.4. The minimum Gasteiger partial charge on any atom is -0.496 e. The smallest absolute Gasteiger partial charge is 0.241 e. The molecule has 0 aliphatic heterocycles. The molecule has 2 aromatic carbocycles. The van der Waals surface area contributed by atoms with Gasteiger partial charge in [0.2, 0.25) is 15.9 Å². The van der Waals surface area contributed by atoms with E-state index in [9.17, 15) is 13.2 Å². The first kappa shape index (κ1) is 22.0. The SMILES string of the molecule is CCOc1ccc(S(=O)(=O)N[C@H](C)C(=O)NCc2ccccc2OC)cc1Cl. The number of nitrogens with one attached hydrogen (secondary N) is 2. The summed E-state index contributed by atoms with van der Waals surface area (Å²) in [6.07, 6.45) is 0. The van der Waals surface area contributed by atoms with E-state index >= 15 is 0 Å². The molecule has 2 N–H and O–H groups in total. The summed E-state index contributed by atoms with van der Waals surface area (Å²) < 4.78 is 37.9. The molecule has 0 aliphatic carbocycles. The van der Waals surface area contributed by atoms with Crippen molar-refractivity contribution in [1.29, 1.82) is 0 Å². The van der Waals surface area contributed by atoms with Gasteiger partial charge in [-0.1, -0.05) is 29.8 Å². The molecule has 0 aliphatic rings. The lowest BCUT2D eigenvalue weighted by Gasteiger charge is -2.16. The van der Waals surface area contributed by atoms with Crippen LogP contribution in [-0.2, 0) is 21.4 Å². The Bertz CT molecular complexity index is 934. The van der Waals surface area contributed by atoms with E-state index in [-0.39, 0.29) is 16.5 Å². The molecule has 1 atom stereocenters. The van der Waals surface area contributed by atoms with Gasteiger partial charge in [0, 0.05) is 12.1 Å². The number of amides is 1. The van der Waals surface area contributed by atoms with Crippen molar-refractivity contribution in [2.75, 3.05) is 13.7 Å². The first-order valence-electron chi connectivity index (χ1n) is 8.62. The van der Waals surface area contributed by atoms with Crippen molar-refractivity contribution in [3.05, 3.63) is 53.1 Å². The van der Waals surface area contributed by atoms with Crippen molar-refractivity contribution in [3.63, 3.8) is 0 Å². The first-order valence-corrected chi connectivity index (χ1v) is 10.5. The normalized spacial score (nSPS) is 12.3. The van der Waals surface area contributed by atoms with E-state index in [0.29, 0.717) is 18.1 Å². The molecule has 0 bridgehead atoms. The van der Waals surface area contributed by atoms with Crippen LogP contribution < -0.4 is 19.5 Å². The molecule has 0 radical (unpaired) electrons. The van der Waals surface area contributed by atoms with Gasteiger partial charge in [0.1, 0.15) is 11.5 Å². The van der Waals surface area contributed by atoms with Crippen LogP contribution in [0.15, 0.2) is 47.4 Å². The van der Waals surface area contributed by atoms with Crippen LogP contribution in [0.3, 0.4) is 0 Å². The minimum atomic E-state index is -3.93. The maximum Gasteiger partial charge on any atom is 0.241 e. The third kappa shape index (κ3) is 5.60. The van der Waals surface area contributed by atoms with Crippen molar-refractivity contribution in [1.82, 2.24) is 10.0 Å². The van der Waals surface area contributed by atoms with Crippen LogP contribution in [0.4, 0.5) is 0 Å². The average molecular weight is 427 g/mol. The van der Waals surface area contributed by atoms with Gasteiger partial charge in [0.25, 0.3) is 0 Å². The lowest BCUT2D eigenvalue weighted by Crippen LogP contribution is -2.44. The van der Waals surface area contributed by atoms with Gasteiger partial charge in [0.05, 0.1) is 29.7 Å². The molecule has 0 fully saturated rings. The molecule has 9 heteroatoms. The van der Waals surface area contributed by atoms with Gasteiger partial charge in [0.15, 0.2) is 0 Å². The summed E-state index contributed by atoms with van der Waals surface area (Å²) in [5, 5.41) is 2.87. The molecule has 0 heterocycles. The molecule has 28 heavy (non-hydrogen) atoms. The van der Waals surface area contributed by atoms with Crippen molar-refractivity contribution in [2.24, 2.45) is 0 Å². The highest BCUT2D eigenvalue weighted by atomic mass is 35.5. The molecule has 2 aromatic rings. The van der Waals surface area contributed by atoms with Gasteiger partial charge < -0.3 is 14.8 Å². The highest BCUT2D eigenvalue weighted by Gasteiger charge is 2.23. The Kier molecular flexibility index (Phi) is 7.68. The molecule has 0 unspecified atom stereocenters. The number of ether oxygens (including phenoxy) is 2. The van der Waals surface area contributed by atoms with Gasteiger partial charge >= 0.3 is 0 Å². The number of rotatable bonds is 9. The fraction of sp³-hybridized carbons (Fsp3) is 0.316. The van der Waals surface area contributed by atoms with E-state index in [1.54, 1.807) is 20.1 Å². The first-order chi connectivity index (χ1) is 13.3. The fourth-order valence-corrected chi connectivity index (χ4v) is 3.99. The van der Waals surface area contributed by atoms with Crippen LogP contribution in [0.5, 0.6) is 11.5 Å². The van der Waals surface area contributed by atoms with Crippen LogP contribution in [-0.4, -0.2) is 34.1 Å². The zero-order valence-electron chi connectivity index (χ0n) is 15.9. The van der Waals surface area contributed by atoms with Crippen LogP contribution in [0.2, 0.25) is 5.02 Å². The summed E-state index contributed by atoms with van der Waals surface area (Å²) >= 11 is 6.05. The van der Waals surface area contributed by atoms with Gasteiger partial charge in [-0.25, -0.2) is 8.42 Å². The number of halogens is 1. The standard InChI is InChI=1S/C19H23ClN2O5S/c1-4-27-18-10-9-15(11-16(18)20)28(24,25)22-13(2)19(23)21-12-14-7-5-6-8-17(14)26-3/h5-11,13,22H,4,12H2,1-3H3,(H,21,23)/t13-/m1/s1. The molecule has 152 valence electrons. The summed E-state index contributed by atoms with van der Waals surface area (Å²) in [6.45, 7) is 3.89. The Labute approximate surface area is 170 Å². The monoisotopic (exact) mass is 426 g/mol. The Morgan fingerprint density at radius 2 is 1.89 bits per heavy atom. The van der Waals surface area contributed by atoms with Gasteiger partial charge in [-0.3, -0.25) is 4.79 Å². The van der Waals surface area contributed by atoms with E-state index < -0.39 is 22.0 Å². The Morgan fingerprint density at radius 1 is 1.18 bits per heavy atom. The number of carbonyl (C=O) groups excluding carboxylic acids is 1. The van der Waals surface area contributed by atoms with E-state index in [0.717, 1.165) is 5.56 Å². The number of methoxy groups -OCH3 is 1. The second-order valence-corrected chi connectivity index (χ2v) is 8.02. The number of benzene rings is 2. The van der Waals surface area contributed by atoms with Crippen molar-refractivity contribution in [2.45, 2.75) is 31.3 Å². The fourth-order valence-electron chi connectivity index (χ4n) is 2.46. The second-order valence-electron chi connectivity index (χ2n) is 5.90. The van der Waals surface area contributed by atoms with Crippen LogP contribution in [0.25, 0.3) is 0 Å². The highest BCUT2D eigenvalue weighted by Crippen LogP contribution is 2.27. The van der Waals surface area contributed by atoms with Crippen molar-refractivity contribution >= 4 is 27.5 Å². The summed E-state index contributed by atoms with van der Waals surface area (Å²) in [4.78, 5) is 12.3. The van der Waals surface area contributed by atoms with E-state index in [2.05, 4.69) is 10.0 Å².